The molecular weight excluding hydrogens is 230 g/mol. The Hall–Kier alpha value is -1.55. The molecule has 0 aromatic heterocycles. The summed E-state index contributed by atoms with van der Waals surface area (Å²) in [7, 11) is 1.61. The normalized spacial score (nSPS) is 13.8. The van der Waals surface area contributed by atoms with E-state index < -0.39 is 0 Å². The van der Waals surface area contributed by atoms with Gasteiger partial charge < -0.3 is 15.2 Å². The second kappa shape index (κ2) is 7.01. The summed E-state index contributed by atoms with van der Waals surface area (Å²) in [5.41, 5.74) is 0.949. The van der Waals surface area contributed by atoms with Gasteiger partial charge in [-0.2, -0.15) is 0 Å². The molecule has 18 heavy (non-hydrogen) atoms. The number of ether oxygens (including phenoxy) is 1. The first-order valence-corrected chi connectivity index (χ1v) is 6.14. The fraction of sp³-hybridized carbons (Fsp3) is 0.500. The first-order valence-electron chi connectivity index (χ1n) is 6.14. The summed E-state index contributed by atoms with van der Waals surface area (Å²) in [5.74, 6) is 0.547. The minimum Gasteiger partial charge on any atom is -0.497 e. The summed E-state index contributed by atoms with van der Waals surface area (Å²) < 4.78 is 5.07. The molecule has 0 aliphatic carbocycles. The fourth-order valence-electron chi connectivity index (χ4n) is 1.60. The minimum absolute atomic E-state index is 0.0270. The molecule has 2 N–H and O–H groups in total. The molecule has 0 radical (unpaired) electrons. The Morgan fingerprint density at radius 3 is 2.44 bits per heavy atom. The van der Waals surface area contributed by atoms with Gasteiger partial charge in [0.1, 0.15) is 5.75 Å². The highest BCUT2D eigenvalue weighted by Crippen LogP contribution is 2.19. The minimum atomic E-state index is -0.387. The van der Waals surface area contributed by atoms with Gasteiger partial charge in [-0.1, -0.05) is 12.1 Å². The zero-order valence-corrected chi connectivity index (χ0v) is 11.1. The Bertz CT molecular complexity index is 373. The van der Waals surface area contributed by atoms with Crippen LogP contribution in [0.25, 0.3) is 0 Å². The summed E-state index contributed by atoms with van der Waals surface area (Å²) in [5, 5.41) is 11.9. The highest BCUT2D eigenvalue weighted by Gasteiger charge is 2.14. The lowest BCUT2D eigenvalue weighted by molar-refractivity contribution is -0.122. The third kappa shape index (κ3) is 4.37. The zero-order valence-electron chi connectivity index (χ0n) is 11.1. The molecule has 0 heterocycles. The van der Waals surface area contributed by atoms with Gasteiger partial charge in [0.15, 0.2) is 0 Å². The van der Waals surface area contributed by atoms with Crippen molar-refractivity contribution in [2.45, 2.75) is 32.3 Å². The molecule has 0 aliphatic rings. The van der Waals surface area contributed by atoms with Gasteiger partial charge in [0.2, 0.25) is 5.91 Å². The summed E-state index contributed by atoms with van der Waals surface area (Å²) in [6.07, 6.45) is 0.183. The molecule has 0 bridgehead atoms. The second-order valence-corrected chi connectivity index (χ2v) is 4.42. The molecule has 100 valence electrons. The molecule has 1 rings (SSSR count). The van der Waals surface area contributed by atoms with E-state index in [1.807, 2.05) is 31.2 Å². The Morgan fingerprint density at radius 2 is 1.94 bits per heavy atom. The number of hydrogen-bond acceptors (Lipinski definition) is 3. The van der Waals surface area contributed by atoms with Crippen LogP contribution in [0.5, 0.6) is 5.75 Å². The summed E-state index contributed by atoms with van der Waals surface area (Å²) in [6.45, 7) is 4.07. The highest BCUT2D eigenvalue weighted by atomic mass is 16.5. The van der Waals surface area contributed by atoms with E-state index in [2.05, 4.69) is 5.32 Å². The average molecular weight is 251 g/mol. The van der Waals surface area contributed by atoms with Gasteiger partial charge in [-0.15, -0.1) is 0 Å². The van der Waals surface area contributed by atoms with Crippen molar-refractivity contribution in [1.29, 1.82) is 0 Å². The number of benzene rings is 1. The predicted octanol–water partition coefficient (Wildman–Crippen LogP) is 1.69. The van der Waals surface area contributed by atoms with E-state index in [9.17, 15) is 4.79 Å². The molecule has 0 saturated carbocycles. The Balaban J connectivity index is 2.51. The van der Waals surface area contributed by atoms with E-state index in [-0.39, 0.29) is 17.9 Å². The lowest BCUT2D eigenvalue weighted by Crippen LogP contribution is -2.30. The molecule has 0 spiro atoms. The molecule has 0 fully saturated rings. The van der Waals surface area contributed by atoms with Crippen molar-refractivity contribution in [3.63, 3.8) is 0 Å². The van der Waals surface area contributed by atoms with Crippen molar-refractivity contribution in [3.05, 3.63) is 29.8 Å². The quantitative estimate of drug-likeness (QED) is 0.809. The number of amides is 1. The molecule has 2 atom stereocenters. The number of hydrogen-bond donors (Lipinski definition) is 2. The van der Waals surface area contributed by atoms with Crippen molar-refractivity contribution >= 4 is 5.91 Å². The lowest BCUT2D eigenvalue weighted by atomic mass is 10.0. The molecule has 1 aromatic carbocycles. The topological polar surface area (TPSA) is 58.6 Å². The lowest BCUT2D eigenvalue weighted by Gasteiger charge is -2.13. The van der Waals surface area contributed by atoms with E-state index in [0.29, 0.717) is 13.0 Å². The van der Waals surface area contributed by atoms with Crippen molar-refractivity contribution in [3.8, 4) is 5.75 Å². The summed E-state index contributed by atoms with van der Waals surface area (Å²) >= 11 is 0. The molecule has 1 aromatic rings. The second-order valence-electron chi connectivity index (χ2n) is 4.42. The van der Waals surface area contributed by atoms with Crippen LogP contribution >= 0.6 is 0 Å². The van der Waals surface area contributed by atoms with Crippen LogP contribution in [0.15, 0.2) is 24.3 Å². The number of nitrogens with one attached hydrogen (secondary N) is 1. The molecule has 4 heteroatoms. The van der Waals surface area contributed by atoms with Gasteiger partial charge in [-0.25, -0.2) is 0 Å². The van der Waals surface area contributed by atoms with Crippen LogP contribution in [-0.4, -0.2) is 30.8 Å². The Morgan fingerprint density at radius 1 is 1.33 bits per heavy atom. The van der Waals surface area contributed by atoms with E-state index in [0.717, 1.165) is 11.3 Å². The van der Waals surface area contributed by atoms with E-state index >= 15 is 0 Å². The molecule has 0 saturated heterocycles. The van der Waals surface area contributed by atoms with Crippen molar-refractivity contribution < 1.29 is 14.6 Å². The monoisotopic (exact) mass is 251 g/mol. The zero-order chi connectivity index (χ0) is 13.5. The SMILES string of the molecule is COc1ccc(C(C)C(=O)NCCC(C)O)cc1. The van der Waals surface area contributed by atoms with Gasteiger partial charge in [0.05, 0.1) is 19.1 Å². The molecule has 1 amide bonds. The first kappa shape index (κ1) is 14.5. The van der Waals surface area contributed by atoms with Gasteiger partial charge in [-0.3, -0.25) is 4.79 Å². The summed E-state index contributed by atoms with van der Waals surface area (Å²) in [6, 6.07) is 7.46. The number of carbonyl (C=O) groups is 1. The third-order valence-electron chi connectivity index (χ3n) is 2.87. The maximum atomic E-state index is 11.9. The first-order chi connectivity index (χ1) is 8.54. The summed E-state index contributed by atoms with van der Waals surface area (Å²) in [4.78, 5) is 11.9. The van der Waals surface area contributed by atoms with Crippen LogP contribution in [0.1, 0.15) is 31.7 Å². The van der Waals surface area contributed by atoms with Crippen LogP contribution in [0.4, 0.5) is 0 Å². The van der Waals surface area contributed by atoms with Crippen LogP contribution in [0, 0.1) is 0 Å². The maximum absolute atomic E-state index is 11.9. The largest absolute Gasteiger partial charge is 0.497 e. The van der Waals surface area contributed by atoms with Crippen LogP contribution in [0.3, 0.4) is 0 Å². The average Bonchev–Trinajstić information content (AvgIpc) is 2.37. The Kier molecular flexibility index (Phi) is 5.65. The van der Waals surface area contributed by atoms with Gasteiger partial charge in [0, 0.05) is 6.54 Å². The van der Waals surface area contributed by atoms with E-state index in [1.54, 1.807) is 14.0 Å². The number of aliphatic hydroxyl groups is 1. The van der Waals surface area contributed by atoms with Crippen molar-refractivity contribution in [2.75, 3.05) is 13.7 Å². The number of aliphatic hydroxyl groups excluding tert-OH is 1. The van der Waals surface area contributed by atoms with E-state index in [1.165, 1.54) is 0 Å². The van der Waals surface area contributed by atoms with Crippen molar-refractivity contribution in [1.82, 2.24) is 5.32 Å². The standard InChI is InChI=1S/C14H21NO3/c1-10(16)8-9-15-14(17)11(2)12-4-6-13(18-3)7-5-12/h4-7,10-11,16H,8-9H2,1-3H3,(H,15,17). The van der Waals surface area contributed by atoms with Crippen molar-refractivity contribution in [2.24, 2.45) is 0 Å². The molecule has 4 nitrogen and oxygen atoms in total. The fourth-order valence-corrected chi connectivity index (χ4v) is 1.60. The number of methoxy groups -OCH3 is 1. The predicted molar refractivity (Wildman–Crippen MR) is 70.7 cm³/mol. The van der Waals surface area contributed by atoms with Crippen LogP contribution < -0.4 is 10.1 Å². The van der Waals surface area contributed by atoms with Gasteiger partial charge >= 0.3 is 0 Å². The smallest absolute Gasteiger partial charge is 0.227 e. The van der Waals surface area contributed by atoms with E-state index in [4.69, 9.17) is 9.84 Å². The third-order valence-corrected chi connectivity index (χ3v) is 2.87. The van der Waals surface area contributed by atoms with Crippen LogP contribution in [-0.2, 0) is 4.79 Å². The van der Waals surface area contributed by atoms with Gasteiger partial charge in [0.25, 0.3) is 0 Å². The molecular formula is C14H21NO3. The maximum Gasteiger partial charge on any atom is 0.227 e. The van der Waals surface area contributed by atoms with Crippen LogP contribution in [0.2, 0.25) is 0 Å². The molecule has 0 aliphatic heterocycles. The number of rotatable bonds is 6. The number of carbonyl (C=O) groups excluding carboxylic acids is 1. The van der Waals surface area contributed by atoms with Gasteiger partial charge in [-0.05, 0) is 38.0 Å². The Labute approximate surface area is 108 Å². The highest BCUT2D eigenvalue weighted by molar-refractivity contribution is 5.83. The molecule has 2 unspecified atom stereocenters.